The number of hydrogen-bond acceptors (Lipinski definition) is 3. The monoisotopic (exact) mass is 309 g/mol. The summed E-state index contributed by atoms with van der Waals surface area (Å²) in [4.78, 5) is 0. The summed E-state index contributed by atoms with van der Waals surface area (Å²) in [6.45, 7) is 1.72. The predicted molar refractivity (Wildman–Crippen MR) is 79.2 cm³/mol. The number of benzene rings is 1. The van der Waals surface area contributed by atoms with E-state index in [1.54, 1.807) is 6.92 Å². The maximum absolute atomic E-state index is 13.7. The Morgan fingerprint density at radius 3 is 2.62 bits per heavy atom. The number of sulfonamides is 1. The molecule has 1 aromatic carbocycles. The van der Waals surface area contributed by atoms with Crippen molar-refractivity contribution in [3.05, 3.63) is 36.0 Å². The highest BCUT2D eigenvalue weighted by molar-refractivity contribution is 7.92. The zero-order valence-electron chi connectivity index (χ0n) is 11.6. The third kappa shape index (κ3) is 3.07. The number of nitrogens with one attached hydrogen (secondary N) is 2. The smallest absolute Gasteiger partial charge is 0.236 e. The second-order valence-corrected chi connectivity index (χ2v) is 7.17. The van der Waals surface area contributed by atoms with Gasteiger partial charge in [-0.3, -0.25) is 9.82 Å². The molecule has 1 aliphatic rings. The first-order chi connectivity index (χ1) is 9.89. The summed E-state index contributed by atoms with van der Waals surface area (Å²) >= 11 is 0. The molecule has 0 saturated heterocycles. The Labute approximate surface area is 122 Å². The number of alkyl halides is 1. The summed E-state index contributed by atoms with van der Waals surface area (Å²) in [6, 6.07) is 9.24. The number of H-pyrrole nitrogens is 1. The maximum atomic E-state index is 13.7. The van der Waals surface area contributed by atoms with E-state index in [0.717, 1.165) is 5.56 Å². The summed E-state index contributed by atoms with van der Waals surface area (Å²) < 4.78 is 40.4. The Morgan fingerprint density at radius 2 is 2.00 bits per heavy atom. The molecule has 2 N–H and O–H groups in total. The molecule has 1 aliphatic carbocycles. The third-order valence-electron chi connectivity index (χ3n) is 3.49. The lowest BCUT2D eigenvalue weighted by Crippen LogP contribution is -2.25. The molecular weight excluding hydrogens is 293 g/mol. The first kappa shape index (κ1) is 14.1. The van der Waals surface area contributed by atoms with Crippen LogP contribution in [0.15, 0.2) is 30.3 Å². The lowest BCUT2D eigenvalue weighted by Gasteiger charge is -2.11. The van der Waals surface area contributed by atoms with Crippen molar-refractivity contribution in [2.75, 3.05) is 10.5 Å². The van der Waals surface area contributed by atoms with E-state index >= 15 is 0 Å². The number of aromatic amines is 1. The van der Waals surface area contributed by atoms with Gasteiger partial charge in [0.05, 0.1) is 11.4 Å². The van der Waals surface area contributed by atoms with Gasteiger partial charge < -0.3 is 0 Å². The Bertz CT molecular complexity index is 752. The number of nitrogens with zero attached hydrogens (tertiary/aromatic N) is 1. The minimum atomic E-state index is -3.74. The van der Waals surface area contributed by atoms with Crippen molar-refractivity contribution in [1.29, 1.82) is 0 Å². The molecule has 1 heterocycles. The number of rotatable bonds is 5. The van der Waals surface area contributed by atoms with Gasteiger partial charge in [0.1, 0.15) is 17.1 Å². The number of hydrogen-bond donors (Lipinski definition) is 2. The van der Waals surface area contributed by atoms with Crippen molar-refractivity contribution in [3.8, 4) is 11.3 Å². The van der Waals surface area contributed by atoms with Crippen LogP contribution in [0.1, 0.15) is 18.5 Å². The van der Waals surface area contributed by atoms with Crippen LogP contribution in [0.25, 0.3) is 11.3 Å². The summed E-state index contributed by atoms with van der Waals surface area (Å²) in [5.41, 5.74) is 0.726. The third-order valence-corrected chi connectivity index (χ3v) is 4.91. The first-order valence-electron chi connectivity index (χ1n) is 6.68. The van der Waals surface area contributed by atoms with E-state index < -0.39 is 21.4 Å². The van der Waals surface area contributed by atoms with Crippen LogP contribution in [-0.4, -0.2) is 30.0 Å². The van der Waals surface area contributed by atoms with E-state index in [4.69, 9.17) is 0 Å². The lowest BCUT2D eigenvalue weighted by atomic mass is 10.1. The maximum Gasteiger partial charge on any atom is 0.236 e. The molecular formula is C14H16FN3O2S. The quantitative estimate of drug-likeness (QED) is 0.891. The van der Waals surface area contributed by atoms with Crippen LogP contribution in [0.5, 0.6) is 0 Å². The van der Waals surface area contributed by atoms with Gasteiger partial charge in [-0.15, -0.1) is 0 Å². The highest BCUT2D eigenvalue weighted by Gasteiger charge is 2.47. The summed E-state index contributed by atoms with van der Waals surface area (Å²) in [6.07, 6.45) is 0.619. The predicted octanol–water partition coefficient (Wildman–Crippen LogP) is 2.63. The Kier molecular flexibility index (Phi) is 3.24. The average Bonchev–Trinajstić information content (AvgIpc) is 3.03. The molecule has 0 bridgehead atoms. The molecule has 112 valence electrons. The van der Waals surface area contributed by atoms with E-state index in [9.17, 15) is 12.8 Å². The Morgan fingerprint density at radius 1 is 1.33 bits per heavy atom. The highest BCUT2D eigenvalue weighted by Crippen LogP contribution is 2.41. The van der Waals surface area contributed by atoms with Crippen LogP contribution in [0, 0.1) is 6.92 Å². The zero-order chi connectivity index (χ0) is 15.1. The summed E-state index contributed by atoms with van der Waals surface area (Å²) in [7, 11) is -3.74. The van der Waals surface area contributed by atoms with E-state index in [0.29, 0.717) is 29.9 Å². The van der Waals surface area contributed by atoms with Crippen molar-refractivity contribution in [1.82, 2.24) is 10.2 Å². The van der Waals surface area contributed by atoms with Gasteiger partial charge in [-0.25, -0.2) is 12.8 Å². The normalized spacial score (nSPS) is 16.7. The lowest BCUT2D eigenvalue weighted by molar-refractivity contribution is 0.341. The van der Waals surface area contributed by atoms with Crippen LogP contribution in [-0.2, 0) is 10.0 Å². The van der Waals surface area contributed by atoms with Gasteiger partial charge in [-0.2, -0.15) is 5.10 Å². The minimum Gasteiger partial charge on any atom is -0.280 e. The van der Waals surface area contributed by atoms with Crippen molar-refractivity contribution in [2.24, 2.45) is 0 Å². The average molecular weight is 309 g/mol. The summed E-state index contributed by atoms with van der Waals surface area (Å²) in [5, 5.41) is 6.90. The second-order valence-electron chi connectivity index (χ2n) is 5.45. The molecule has 0 unspecified atom stereocenters. The van der Waals surface area contributed by atoms with Crippen LogP contribution in [0.4, 0.5) is 10.1 Å². The van der Waals surface area contributed by atoms with E-state index in [1.165, 1.54) is 0 Å². The molecule has 7 heteroatoms. The van der Waals surface area contributed by atoms with E-state index in [1.807, 2.05) is 30.3 Å². The molecule has 0 spiro atoms. The van der Waals surface area contributed by atoms with Crippen LogP contribution in [0.2, 0.25) is 0 Å². The van der Waals surface area contributed by atoms with Gasteiger partial charge in [0.25, 0.3) is 0 Å². The fraction of sp³-hybridized carbons (Fsp3) is 0.357. The molecule has 0 radical (unpaired) electrons. The highest BCUT2D eigenvalue weighted by atomic mass is 32.2. The van der Waals surface area contributed by atoms with Gasteiger partial charge in [-0.1, -0.05) is 30.3 Å². The van der Waals surface area contributed by atoms with Crippen molar-refractivity contribution in [3.63, 3.8) is 0 Å². The molecule has 1 fully saturated rings. The zero-order valence-corrected chi connectivity index (χ0v) is 12.4. The molecule has 0 amide bonds. The largest absolute Gasteiger partial charge is 0.280 e. The van der Waals surface area contributed by atoms with Crippen LogP contribution in [0.3, 0.4) is 0 Å². The fourth-order valence-electron chi connectivity index (χ4n) is 2.17. The molecule has 0 aliphatic heterocycles. The number of anilines is 1. The van der Waals surface area contributed by atoms with Crippen LogP contribution >= 0.6 is 0 Å². The SMILES string of the molecule is Cc1[nH]nc(-c2ccccc2)c1NS(=O)(=O)CC1(F)CC1. The molecule has 21 heavy (non-hydrogen) atoms. The van der Waals surface area contributed by atoms with Gasteiger partial charge in [-0.05, 0) is 19.8 Å². The number of aromatic nitrogens is 2. The van der Waals surface area contributed by atoms with Crippen LogP contribution < -0.4 is 4.72 Å². The Hall–Kier alpha value is -1.89. The van der Waals surface area contributed by atoms with E-state index in [-0.39, 0.29) is 0 Å². The van der Waals surface area contributed by atoms with Gasteiger partial charge in [0.15, 0.2) is 0 Å². The number of halogens is 1. The van der Waals surface area contributed by atoms with Gasteiger partial charge in [0, 0.05) is 5.56 Å². The van der Waals surface area contributed by atoms with Crippen molar-refractivity contribution in [2.45, 2.75) is 25.4 Å². The van der Waals surface area contributed by atoms with Gasteiger partial charge >= 0.3 is 0 Å². The summed E-state index contributed by atoms with van der Waals surface area (Å²) in [5.74, 6) is -0.501. The van der Waals surface area contributed by atoms with Gasteiger partial charge in [0.2, 0.25) is 10.0 Å². The molecule has 0 atom stereocenters. The van der Waals surface area contributed by atoms with Crippen molar-refractivity contribution < 1.29 is 12.8 Å². The molecule has 5 nitrogen and oxygen atoms in total. The standard InChI is InChI=1S/C14H16FN3O2S/c1-10-12(18-21(19,20)9-14(15)7-8-14)13(17-16-10)11-5-3-2-4-6-11/h2-6,18H,7-9H2,1H3,(H,16,17). The molecule has 2 aromatic rings. The molecule has 1 saturated carbocycles. The molecule has 3 rings (SSSR count). The van der Waals surface area contributed by atoms with Crippen molar-refractivity contribution >= 4 is 15.7 Å². The van der Waals surface area contributed by atoms with E-state index in [2.05, 4.69) is 14.9 Å². The Balaban J connectivity index is 1.91. The number of aryl methyl sites for hydroxylation is 1. The topological polar surface area (TPSA) is 74.8 Å². The first-order valence-corrected chi connectivity index (χ1v) is 8.34. The minimum absolute atomic E-state index is 0.309. The fourth-order valence-corrected chi connectivity index (χ4v) is 3.77. The second kappa shape index (κ2) is 4.84. The molecule has 1 aromatic heterocycles.